The lowest BCUT2D eigenvalue weighted by molar-refractivity contribution is 0.00445. The second-order valence-electron chi connectivity index (χ2n) is 9.35. The molecule has 0 radical (unpaired) electrons. The molecule has 194 valence electrons. The van der Waals surface area contributed by atoms with Crippen LogP contribution in [0, 0.1) is 0 Å². The minimum absolute atomic E-state index is 0.0200. The topological polar surface area (TPSA) is 62.9 Å². The van der Waals surface area contributed by atoms with Crippen LogP contribution in [-0.4, -0.2) is 19.0 Å². The van der Waals surface area contributed by atoms with Crippen molar-refractivity contribution in [3.63, 3.8) is 0 Å². The van der Waals surface area contributed by atoms with Gasteiger partial charge in [0, 0.05) is 15.5 Å². The molecule has 0 aromatic heterocycles. The second kappa shape index (κ2) is 12.8. The van der Waals surface area contributed by atoms with Crippen LogP contribution in [-0.2, 0) is 17.8 Å². The smallest absolute Gasteiger partial charge is 0.189 e. The Morgan fingerprint density at radius 1 is 0.811 bits per heavy atom. The number of fused-ring (bicyclic) bond motifs is 1. The van der Waals surface area contributed by atoms with Crippen molar-refractivity contribution in [1.29, 1.82) is 0 Å². The fourth-order valence-electron chi connectivity index (χ4n) is 4.09. The number of halogens is 1. The number of benzene rings is 4. The Morgan fingerprint density at radius 2 is 1.59 bits per heavy atom. The van der Waals surface area contributed by atoms with Crippen LogP contribution in [0.2, 0.25) is 0 Å². The lowest BCUT2D eigenvalue weighted by Gasteiger charge is -2.21. The average Bonchev–Trinajstić information content (AvgIpc) is 2.87. The van der Waals surface area contributed by atoms with Crippen molar-refractivity contribution in [1.82, 2.24) is 0 Å². The van der Waals surface area contributed by atoms with Crippen LogP contribution in [0.25, 0.3) is 10.8 Å². The Labute approximate surface area is 227 Å². The summed E-state index contributed by atoms with van der Waals surface area (Å²) in [6.07, 6.45) is 1.58. The van der Waals surface area contributed by atoms with Crippen LogP contribution in [0.3, 0.4) is 0 Å². The van der Waals surface area contributed by atoms with Gasteiger partial charge in [-0.3, -0.25) is 0 Å². The predicted molar refractivity (Wildman–Crippen MR) is 153 cm³/mol. The Bertz CT molecular complexity index is 1310. The Hall–Kier alpha value is -3.22. The van der Waals surface area contributed by atoms with Crippen LogP contribution < -0.4 is 19.9 Å². The minimum atomic E-state index is -0.0427. The highest BCUT2D eigenvalue weighted by atomic mass is 79.9. The normalized spacial score (nSPS) is 12.0. The van der Waals surface area contributed by atoms with Crippen molar-refractivity contribution in [3.8, 4) is 17.2 Å². The number of rotatable bonds is 12. The van der Waals surface area contributed by atoms with Gasteiger partial charge in [0.05, 0.1) is 18.8 Å². The van der Waals surface area contributed by atoms with E-state index in [0.717, 1.165) is 56.4 Å². The first-order valence-electron chi connectivity index (χ1n) is 12.6. The van der Waals surface area contributed by atoms with Gasteiger partial charge in [0.15, 0.2) is 18.3 Å². The molecule has 4 aromatic rings. The molecule has 0 amide bonds. The standard InChI is InChI=1S/C31H34BrNO4/c1-21(2)36-31-18-27-25(10-7-11-28(27)33)16-30(31)37-22(3)12-13-24-14-15-26(32)17-29(24)35-20-34-19-23-8-5-4-6-9-23/h4-11,14-18,21-22H,12-13,19-20,33H2,1-3H3. The first-order valence-corrected chi connectivity index (χ1v) is 13.4. The van der Waals surface area contributed by atoms with Crippen molar-refractivity contribution in [2.45, 2.75) is 52.4 Å². The van der Waals surface area contributed by atoms with E-state index in [1.54, 1.807) is 0 Å². The molecule has 1 unspecified atom stereocenters. The summed E-state index contributed by atoms with van der Waals surface area (Å²) in [4.78, 5) is 0. The number of nitrogen functional groups attached to an aromatic ring is 1. The van der Waals surface area contributed by atoms with E-state index in [4.69, 9.17) is 24.7 Å². The molecule has 0 fully saturated rings. The zero-order valence-electron chi connectivity index (χ0n) is 21.6. The molecule has 0 aliphatic carbocycles. The number of hydrogen-bond donors (Lipinski definition) is 1. The molecule has 0 aliphatic rings. The van der Waals surface area contributed by atoms with Gasteiger partial charge in [-0.15, -0.1) is 0 Å². The second-order valence-corrected chi connectivity index (χ2v) is 10.3. The SMILES string of the molecule is CC(C)Oc1cc2c(N)cccc2cc1OC(C)CCc1ccc(Br)cc1OCOCc1ccccc1. The summed E-state index contributed by atoms with van der Waals surface area (Å²) in [6.45, 7) is 6.77. The molecule has 4 rings (SSSR count). The third-order valence-electron chi connectivity index (χ3n) is 5.93. The molecular weight excluding hydrogens is 530 g/mol. The van der Waals surface area contributed by atoms with Gasteiger partial charge < -0.3 is 24.7 Å². The van der Waals surface area contributed by atoms with Gasteiger partial charge in [-0.2, -0.15) is 0 Å². The molecule has 5 nitrogen and oxygen atoms in total. The summed E-state index contributed by atoms with van der Waals surface area (Å²) in [6, 6.07) is 26.0. The van der Waals surface area contributed by atoms with Crippen LogP contribution in [0.1, 0.15) is 38.3 Å². The lowest BCUT2D eigenvalue weighted by Crippen LogP contribution is -2.15. The van der Waals surface area contributed by atoms with Gasteiger partial charge in [-0.25, -0.2) is 0 Å². The largest absolute Gasteiger partial charge is 0.487 e. The van der Waals surface area contributed by atoms with E-state index in [9.17, 15) is 0 Å². The fraction of sp³-hybridized carbons (Fsp3) is 0.290. The number of ether oxygens (including phenoxy) is 4. The third kappa shape index (κ3) is 7.63. The quantitative estimate of drug-likeness (QED) is 0.108. The van der Waals surface area contributed by atoms with Crippen LogP contribution >= 0.6 is 15.9 Å². The number of hydrogen-bond acceptors (Lipinski definition) is 5. The number of anilines is 1. The van der Waals surface area contributed by atoms with Gasteiger partial charge in [0.25, 0.3) is 0 Å². The van der Waals surface area contributed by atoms with Crippen molar-refractivity contribution in [3.05, 3.63) is 94.5 Å². The first-order chi connectivity index (χ1) is 17.9. The Morgan fingerprint density at radius 3 is 2.38 bits per heavy atom. The maximum Gasteiger partial charge on any atom is 0.189 e. The van der Waals surface area contributed by atoms with Crippen LogP contribution in [0.5, 0.6) is 17.2 Å². The molecule has 2 N–H and O–H groups in total. The Kier molecular flexibility index (Phi) is 9.31. The van der Waals surface area contributed by atoms with E-state index >= 15 is 0 Å². The monoisotopic (exact) mass is 563 g/mol. The Balaban J connectivity index is 1.39. The first kappa shape index (κ1) is 26.8. The molecule has 0 aliphatic heterocycles. The fourth-order valence-corrected chi connectivity index (χ4v) is 4.43. The van der Waals surface area contributed by atoms with Gasteiger partial charge in [0.2, 0.25) is 0 Å². The maximum atomic E-state index is 6.39. The maximum absolute atomic E-state index is 6.39. The molecule has 0 bridgehead atoms. The average molecular weight is 565 g/mol. The highest BCUT2D eigenvalue weighted by molar-refractivity contribution is 9.10. The third-order valence-corrected chi connectivity index (χ3v) is 6.42. The zero-order chi connectivity index (χ0) is 26.2. The van der Waals surface area contributed by atoms with Crippen molar-refractivity contribution < 1.29 is 18.9 Å². The molecule has 0 saturated carbocycles. The highest BCUT2D eigenvalue weighted by Gasteiger charge is 2.15. The lowest BCUT2D eigenvalue weighted by atomic mass is 10.1. The van der Waals surface area contributed by atoms with Gasteiger partial charge in [-0.1, -0.05) is 64.5 Å². The van der Waals surface area contributed by atoms with Gasteiger partial charge in [0.1, 0.15) is 5.75 Å². The molecule has 0 heterocycles. The van der Waals surface area contributed by atoms with Gasteiger partial charge in [-0.05, 0) is 80.5 Å². The molecule has 4 aromatic carbocycles. The van der Waals surface area contributed by atoms with Crippen molar-refractivity contribution in [2.24, 2.45) is 0 Å². The van der Waals surface area contributed by atoms with E-state index < -0.39 is 0 Å². The van der Waals surface area contributed by atoms with Crippen LogP contribution in [0.15, 0.2) is 83.3 Å². The van der Waals surface area contributed by atoms with Gasteiger partial charge >= 0.3 is 0 Å². The molecule has 0 spiro atoms. The summed E-state index contributed by atoms with van der Waals surface area (Å²) in [5.41, 5.74) is 9.14. The summed E-state index contributed by atoms with van der Waals surface area (Å²) in [7, 11) is 0. The zero-order valence-corrected chi connectivity index (χ0v) is 23.2. The van der Waals surface area contributed by atoms with Crippen molar-refractivity contribution in [2.75, 3.05) is 12.5 Å². The van der Waals surface area contributed by atoms with Crippen molar-refractivity contribution >= 4 is 32.4 Å². The van der Waals surface area contributed by atoms with E-state index in [1.165, 1.54) is 0 Å². The van der Waals surface area contributed by atoms with Crippen LogP contribution in [0.4, 0.5) is 5.69 Å². The number of nitrogens with two attached hydrogens (primary N) is 1. The molecule has 6 heteroatoms. The summed E-state index contributed by atoms with van der Waals surface area (Å²) in [5, 5.41) is 1.99. The molecule has 37 heavy (non-hydrogen) atoms. The molecular formula is C31H34BrNO4. The highest BCUT2D eigenvalue weighted by Crippen LogP contribution is 2.36. The summed E-state index contributed by atoms with van der Waals surface area (Å²) in [5.74, 6) is 2.23. The molecule has 1 atom stereocenters. The predicted octanol–water partition coefficient (Wildman–Crippen LogP) is 7.92. The minimum Gasteiger partial charge on any atom is -0.487 e. The van der Waals surface area contributed by atoms with E-state index in [1.807, 2.05) is 86.6 Å². The molecule has 0 saturated heterocycles. The number of aryl methyl sites for hydroxylation is 1. The van der Waals surface area contributed by atoms with E-state index in [2.05, 4.69) is 28.9 Å². The van der Waals surface area contributed by atoms with E-state index in [0.29, 0.717) is 12.4 Å². The summed E-state index contributed by atoms with van der Waals surface area (Å²) >= 11 is 3.55. The van der Waals surface area contributed by atoms with E-state index in [-0.39, 0.29) is 19.0 Å². The summed E-state index contributed by atoms with van der Waals surface area (Å²) < 4.78 is 25.1.